The molecule has 0 spiro atoms. The van der Waals surface area contributed by atoms with Crippen LogP contribution in [0.4, 0.5) is 5.69 Å². The van der Waals surface area contributed by atoms with Gasteiger partial charge in [-0.1, -0.05) is 18.2 Å². The Kier molecular flexibility index (Phi) is 1.72. The van der Waals surface area contributed by atoms with E-state index in [1.807, 2.05) is 36.2 Å². The number of carboxylic acids is 1. The highest BCUT2D eigenvalue weighted by Gasteiger charge is 2.31. The Morgan fingerprint density at radius 1 is 1.54 bits per heavy atom. The van der Waals surface area contributed by atoms with Gasteiger partial charge in [-0.05, 0) is 11.6 Å². The molecule has 0 saturated heterocycles. The van der Waals surface area contributed by atoms with Gasteiger partial charge in [0.2, 0.25) is 0 Å². The molecule has 1 atom stereocenters. The number of likely N-dealkylation sites (N-methyl/N-ethyl adjacent to an activating group) is 1. The summed E-state index contributed by atoms with van der Waals surface area (Å²) in [6, 6.07) is 7.42. The highest BCUT2D eigenvalue weighted by molar-refractivity contribution is 5.82. The van der Waals surface area contributed by atoms with Gasteiger partial charge in [-0.3, -0.25) is 0 Å². The molecular formula is C10H11NO2. The van der Waals surface area contributed by atoms with Crippen LogP contribution < -0.4 is 4.90 Å². The maximum atomic E-state index is 10.8. The van der Waals surface area contributed by atoms with E-state index in [4.69, 9.17) is 5.11 Å². The van der Waals surface area contributed by atoms with Crippen molar-refractivity contribution in [1.82, 2.24) is 0 Å². The van der Waals surface area contributed by atoms with Crippen molar-refractivity contribution in [2.45, 2.75) is 12.5 Å². The van der Waals surface area contributed by atoms with Gasteiger partial charge < -0.3 is 10.0 Å². The number of para-hydroxylation sites is 1. The fourth-order valence-electron chi connectivity index (χ4n) is 1.79. The Labute approximate surface area is 76.6 Å². The molecule has 1 N–H and O–H groups in total. The molecule has 1 heterocycles. The van der Waals surface area contributed by atoms with Gasteiger partial charge in [0.15, 0.2) is 0 Å². The molecule has 1 aliphatic rings. The van der Waals surface area contributed by atoms with Gasteiger partial charge >= 0.3 is 5.97 Å². The van der Waals surface area contributed by atoms with E-state index >= 15 is 0 Å². The maximum absolute atomic E-state index is 10.8. The number of aliphatic carboxylic acids is 1. The van der Waals surface area contributed by atoms with Gasteiger partial charge in [-0.2, -0.15) is 0 Å². The first-order valence-corrected chi connectivity index (χ1v) is 4.23. The fourth-order valence-corrected chi connectivity index (χ4v) is 1.79. The molecule has 0 bridgehead atoms. The summed E-state index contributed by atoms with van der Waals surface area (Å²) in [6.45, 7) is 0. The summed E-state index contributed by atoms with van der Waals surface area (Å²) in [5, 5.41) is 8.91. The molecule has 0 unspecified atom stereocenters. The van der Waals surface area contributed by atoms with Crippen molar-refractivity contribution in [2.24, 2.45) is 0 Å². The van der Waals surface area contributed by atoms with E-state index in [-0.39, 0.29) is 0 Å². The highest BCUT2D eigenvalue weighted by atomic mass is 16.4. The van der Waals surface area contributed by atoms with E-state index in [0.717, 1.165) is 11.3 Å². The minimum atomic E-state index is -0.751. The predicted molar refractivity (Wildman–Crippen MR) is 50.0 cm³/mol. The zero-order chi connectivity index (χ0) is 9.42. The normalized spacial score (nSPS) is 20.1. The zero-order valence-electron chi connectivity index (χ0n) is 7.40. The van der Waals surface area contributed by atoms with Gasteiger partial charge in [0.05, 0.1) is 0 Å². The number of anilines is 1. The molecule has 1 aromatic rings. The summed E-state index contributed by atoms with van der Waals surface area (Å²) in [7, 11) is 1.82. The molecule has 0 aromatic heterocycles. The lowest BCUT2D eigenvalue weighted by atomic mass is 10.1. The lowest BCUT2D eigenvalue weighted by Crippen LogP contribution is -2.35. The van der Waals surface area contributed by atoms with Crippen LogP contribution in [0, 0.1) is 0 Å². The number of carbonyl (C=O) groups is 1. The first-order valence-electron chi connectivity index (χ1n) is 4.23. The summed E-state index contributed by atoms with van der Waals surface area (Å²) in [5.74, 6) is -0.751. The van der Waals surface area contributed by atoms with Gasteiger partial charge in [-0.15, -0.1) is 0 Å². The Morgan fingerprint density at radius 3 is 2.85 bits per heavy atom. The van der Waals surface area contributed by atoms with Gasteiger partial charge in [-0.25, -0.2) is 4.79 Å². The molecule has 1 aliphatic heterocycles. The van der Waals surface area contributed by atoms with Crippen molar-refractivity contribution in [3.63, 3.8) is 0 Å². The quantitative estimate of drug-likeness (QED) is 0.699. The molecule has 0 fully saturated rings. The van der Waals surface area contributed by atoms with Crippen molar-refractivity contribution < 1.29 is 9.90 Å². The highest BCUT2D eigenvalue weighted by Crippen LogP contribution is 2.30. The second kappa shape index (κ2) is 2.76. The predicted octanol–water partition coefficient (Wildman–Crippen LogP) is 1.13. The lowest BCUT2D eigenvalue weighted by molar-refractivity contribution is -0.138. The van der Waals surface area contributed by atoms with Crippen molar-refractivity contribution in [3.8, 4) is 0 Å². The third-order valence-electron chi connectivity index (χ3n) is 2.54. The third-order valence-corrected chi connectivity index (χ3v) is 2.54. The molecule has 13 heavy (non-hydrogen) atoms. The summed E-state index contributed by atoms with van der Waals surface area (Å²) >= 11 is 0. The molecule has 2 rings (SSSR count). The van der Waals surface area contributed by atoms with E-state index in [9.17, 15) is 4.79 Å². The zero-order valence-corrected chi connectivity index (χ0v) is 7.40. The molecule has 68 valence electrons. The number of carboxylic acid groups (broad SMARTS) is 1. The second-order valence-corrected chi connectivity index (χ2v) is 3.30. The molecule has 0 saturated carbocycles. The van der Waals surface area contributed by atoms with Crippen molar-refractivity contribution in [3.05, 3.63) is 29.8 Å². The van der Waals surface area contributed by atoms with Gasteiger partial charge in [0, 0.05) is 19.2 Å². The van der Waals surface area contributed by atoms with Crippen LogP contribution in [0.25, 0.3) is 0 Å². The Bertz CT molecular complexity index is 349. The van der Waals surface area contributed by atoms with E-state index in [1.54, 1.807) is 0 Å². The topological polar surface area (TPSA) is 40.5 Å². The van der Waals surface area contributed by atoms with Gasteiger partial charge in [0.1, 0.15) is 6.04 Å². The number of hydrogen-bond donors (Lipinski definition) is 1. The Morgan fingerprint density at radius 2 is 2.23 bits per heavy atom. The fraction of sp³-hybridized carbons (Fsp3) is 0.300. The minimum Gasteiger partial charge on any atom is -0.480 e. The van der Waals surface area contributed by atoms with Crippen LogP contribution >= 0.6 is 0 Å². The monoisotopic (exact) mass is 177 g/mol. The standard InChI is InChI=1S/C10H11NO2/c1-11-8-5-3-2-4-7(8)6-9(11)10(12)13/h2-5,9H,6H2,1H3,(H,12,13)/t9-/m0/s1. The molecule has 0 aliphatic carbocycles. The number of fused-ring (bicyclic) bond motifs is 1. The first kappa shape index (κ1) is 8.10. The van der Waals surface area contributed by atoms with Crippen molar-refractivity contribution >= 4 is 11.7 Å². The maximum Gasteiger partial charge on any atom is 0.326 e. The van der Waals surface area contributed by atoms with Crippen LogP contribution in [-0.4, -0.2) is 24.2 Å². The molecular weight excluding hydrogens is 166 g/mol. The minimum absolute atomic E-state index is 0.391. The summed E-state index contributed by atoms with van der Waals surface area (Å²) in [6.07, 6.45) is 0.613. The molecule has 0 amide bonds. The van der Waals surface area contributed by atoms with Crippen molar-refractivity contribution in [1.29, 1.82) is 0 Å². The second-order valence-electron chi connectivity index (χ2n) is 3.30. The van der Waals surface area contributed by atoms with Crippen LogP contribution in [-0.2, 0) is 11.2 Å². The summed E-state index contributed by atoms with van der Waals surface area (Å²) < 4.78 is 0. The van der Waals surface area contributed by atoms with Crippen LogP contribution in [0.15, 0.2) is 24.3 Å². The van der Waals surface area contributed by atoms with E-state index < -0.39 is 12.0 Å². The van der Waals surface area contributed by atoms with Crippen LogP contribution in [0.5, 0.6) is 0 Å². The van der Waals surface area contributed by atoms with Crippen LogP contribution in [0.2, 0.25) is 0 Å². The average molecular weight is 177 g/mol. The molecule has 3 heteroatoms. The Hall–Kier alpha value is -1.51. The number of benzene rings is 1. The number of nitrogens with zero attached hydrogens (tertiary/aromatic N) is 1. The Balaban J connectivity index is 2.38. The first-order chi connectivity index (χ1) is 6.20. The number of hydrogen-bond acceptors (Lipinski definition) is 2. The van der Waals surface area contributed by atoms with Crippen LogP contribution in [0.1, 0.15) is 5.56 Å². The summed E-state index contributed by atoms with van der Waals surface area (Å²) in [4.78, 5) is 12.7. The van der Waals surface area contributed by atoms with Gasteiger partial charge in [0.25, 0.3) is 0 Å². The van der Waals surface area contributed by atoms with E-state index in [1.165, 1.54) is 0 Å². The summed E-state index contributed by atoms with van der Waals surface area (Å²) in [5.41, 5.74) is 2.16. The van der Waals surface area contributed by atoms with Crippen molar-refractivity contribution in [2.75, 3.05) is 11.9 Å². The largest absolute Gasteiger partial charge is 0.480 e. The SMILES string of the molecule is CN1c2ccccc2C[C@H]1C(=O)O. The van der Waals surface area contributed by atoms with E-state index in [0.29, 0.717) is 6.42 Å². The number of rotatable bonds is 1. The molecule has 0 radical (unpaired) electrons. The third kappa shape index (κ3) is 1.16. The van der Waals surface area contributed by atoms with E-state index in [2.05, 4.69) is 0 Å². The lowest BCUT2D eigenvalue weighted by Gasteiger charge is -2.18. The molecule has 3 nitrogen and oxygen atoms in total. The molecule has 1 aromatic carbocycles. The van der Waals surface area contributed by atoms with Crippen LogP contribution in [0.3, 0.4) is 0 Å². The average Bonchev–Trinajstić information content (AvgIpc) is 2.45. The smallest absolute Gasteiger partial charge is 0.326 e.